The highest BCUT2D eigenvalue weighted by atomic mass is 19.1. The second kappa shape index (κ2) is 12.8. The second-order valence-corrected chi connectivity index (χ2v) is 9.39. The average molecular weight is 509 g/mol. The predicted molar refractivity (Wildman–Crippen MR) is 126 cm³/mol. The lowest BCUT2D eigenvalue weighted by molar-refractivity contribution is -0.138. The minimum atomic E-state index is -1.15. The first-order valence-electron chi connectivity index (χ1n) is 11.6. The van der Waals surface area contributed by atoms with Gasteiger partial charge >= 0.3 is 12.1 Å². The number of carbonyl (C=O) groups is 5. The largest absolute Gasteiger partial charge is 0.481 e. The average Bonchev–Trinajstić information content (AvgIpc) is 2.80. The predicted octanol–water partition coefficient (Wildman–Crippen LogP) is 1.43. The molecule has 1 atom stereocenters. The number of carboxylic acids is 1. The molecular formula is C24H33FN4O7. The van der Waals surface area contributed by atoms with Gasteiger partial charge in [-0.3, -0.25) is 19.2 Å². The van der Waals surface area contributed by atoms with Crippen LogP contribution in [-0.4, -0.2) is 83.0 Å². The molecule has 3 N–H and O–H groups in total. The van der Waals surface area contributed by atoms with Crippen molar-refractivity contribution in [2.75, 3.05) is 32.7 Å². The number of nitrogens with one attached hydrogen (secondary N) is 2. The van der Waals surface area contributed by atoms with Gasteiger partial charge in [-0.2, -0.15) is 0 Å². The van der Waals surface area contributed by atoms with Gasteiger partial charge in [0.25, 0.3) is 0 Å². The zero-order valence-corrected chi connectivity index (χ0v) is 20.7. The van der Waals surface area contributed by atoms with Crippen molar-refractivity contribution in [1.29, 1.82) is 0 Å². The van der Waals surface area contributed by atoms with Crippen LogP contribution in [0.2, 0.25) is 0 Å². The third-order valence-electron chi connectivity index (χ3n) is 5.28. The maximum atomic E-state index is 13.1. The summed E-state index contributed by atoms with van der Waals surface area (Å²) in [5.74, 6) is -3.02. The molecule has 1 fully saturated rings. The Morgan fingerprint density at radius 3 is 2.11 bits per heavy atom. The highest BCUT2D eigenvalue weighted by Gasteiger charge is 2.27. The van der Waals surface area contributed by atoms with E-state index in [0.29, 0.717) is 31.7 Å². The van der Waals surface area contributed by atoms with Crippen molar-refractivity contribution in [3.63, 3.8) is 0 Å². The smallest absolute Gasteiger partial charge is 0.410 e. The van der Waals surface area contributed by atoms with Gasteiger partial charge < -0.3 is 30.3 Å². The summed E-state index contributed by atoms with van der Waals surface area (Å²) in [6.07, 6.45) is -1.04. The summed E-state index contributed by atoms with van der Waals surface area (Å²) >= 11 is 0. The SMILES string of the molecule is CC(C)(C)OC(=O)N1CCN(C(=O)CCC(=O)NCC(=O)NC(CC(=O)O)c2ccc(F)cc2)CC1. The Morgan fingerprint density at radius 2 is 1.56 bits per heavy atom. The lowest BCUT2D eigenvalue weighted by Crippen LogP contribution is -2.51. The van der Waals surface area contributed by atoms with E-state index >= 15 is 0 Å². The van der Waals surface area contributed by atoms with Crippen LogP contribution in [0.4, 0.5) is 9.18 Å². The number of amides is 4. The molecule has 11 nitrogen and oxygen atoms in total. The van der Waals surface area contributed by atoms with Crippen molar-refractivity contribution >= 4 is 29.8 Å². The first-order chi connectivity index (χ1) is 16.8. The molecule has 0 aromatic heterocycles. The van der Waals surface area contributed by atoms with Crippen LogP contribution in [0.25, 0.3) is 0 Å². The van der Waals surface area contributed by atoms with Crippen LogP contribution in [0, 0.1) is 5.82 Å². The molecule has 0 aliphatic carbocycles. The molecule has 0 radical (unpaired) electrons. The molecule has 1 aromatic carbocycles. The maximum Gasteiger partial charge on any atom is 0.410 e. The fourth-order valence-electron chi connectivity index (χ4n) is 3.48. The van der Waals surface area contributed by atoms with E-state index in [2.05, 4.69) is 10.6 Å². The Hall–Kier alpha value is -3.70. The van der Waals surface area contributed by atoms with Crippen molar-refractivity contribution in [2.45, 2.75) is 51.7 Å². The zero-order valence-electron chi connectivity index (χ0n) is 20.7. The van der Waals surface area contributed by atoms with Gasteiger partial charge in [0.1, 0.15) is 11.4 Å². The molecule has 1 unspecified atom stereocenters. The van der Waals surface area contributed by atoms with Gasteiger partial charge in [0.2, 0.25) is 17.7 Å². The topological polar surface area (TPSA) is 145 Å². The number of ether oxygens (including phenoxy) is 1. The van der Waals surface area contributed by atoms with Gasteiger partial charge in [0.15, 0.2) is 0 Å². The third-order valence-corrected chi connectivity index (χ3v) is 5.28. The van der Waals surface area contributed by atoms with Gasteiger partial charge in [0.05, 0.1) is 19.0 Å². The number of halogens is 1. The molecule has 1 aromatic rings. The molecule has 4 amide bonds. The molecule has 0 saturated carbocycles. The number of aliphatic carboxylic acids is 1. The minimum absolute atomic E-state index is 0.0584. The molecule has 1 saturated heterocycles. The van der Waals surface area contributed by atoms with E-state index in [-0.39, 0.29) is 18.7 Å². The van der Waals surface area contributed by atoms with Crippen molar-refractivity contribution < 1.29 is 38.2 Å². The summed E-state index contributed by atoms with van der Waals surface area (Å²) < 4.78 is 18.5. The number of piperazine rings is 1. The number of carbonyl (C=O) groups excluding carboxylic acids is 4. The summed E-state index contributed by atoms with van der Waals surface area (Å²) in [5.41, 5.74) is -0.192. The Balaban J connectivity index is 1.73. The molecule has 0 bridgehead atoms. The summed E-state index contributed by atoms with van der Waals surface area (Å²) in [5, 5.41) is 14.0. The Kier molecular flexibility index (Phi) is 10.2. The van der Waals surface area contributed by atoms with E-state index in [1.165, 1.54) is 17.0 Å². The highest BCUT2D eigenvalue weighted by molar-refractivity contribution is 5.87. The van der Waals surface area contributed by atoms with E-state index < -0.39 is 54.3 Å². The quantitative estimate of drug-likeness (QED) is 0.458. The van der Waals surface area contributed by atoms with Crippen molar-refractivity contribution in [3.8, 4) is 0 Å². The van der Waals surface area contributed by atoms with Crippen LogP contribution in [0.1, 0.15) is 51.6 Å². The number of nitrogens with zero attached hydrogens (tertiary/aromatic N) is 2. The highest BCUT2D eigenvalue weighted by Crippen LogP contribution is 2.17. The van der Waals surface area contributed by atoms with Gasteiger partial charge in [-0.05, 0) is 38.5 Å². The second-order valence-electron chi connectivity index (χ2n) is 9.39. The number of benzene rings is 1. The molecule has 2 rings (SSSR count). The molecule has 1 aliphatic rings. The Bertz CT molecular complexity index is 954. The lowest BCUT2D eigenvalue weighted by atomic mass is 10.0. The molecule has 1 aliphatic heterocycles. The summed E-state index contributed by atoms with van der Waals surface area (Å²) in [7, 11) is 0. The van der Waals surface area contributed by atoms with Crippen molar-refractivity contribution in [2.24, 2.45) is 0 Å². The van der Waals surface area contributed by atoms with Gasteiger partial charge in [0, 0.05) is 39.0 Å². The fourth-order valence-corrected chi connectivity index (χ4v) is 3.48. The minimum Gasteiger partial charge on any atom is -0.481 e. The van der Waals surface area contributed by atoms with E-state index in [1.807, 2.05) is 0 Å². The lowest BCUT2D eigenvalue weighted by Gasteiger charge is -2.35. The molecule has 1 heterocycles. The van der Waals surface area contributed by atoms with E-state index in [0.717, 1.165) is 12.1 Å². The summed E-state index contributed by atoms with van der Waals surface area (Å²) in [4.78, 5) is 63.1. The molecular weight excluding hydrogens is 475 g/mol. The molecule has 36 heavy (non-hydrogen) atoms. The fraction of sp³-hybridized carbons (Fsp3) is 0.542. The van der Waals surface area contributed by atoms with Crippen LogP contribution in [0.5, 0.6) is 0 Å². The summed E-state index contributed by atoms with van der Waals surface area (Å²) in [6.45, 7) is 6.25. The zero-order chi connectivity index (χ0) is 26.9. The normalized spacial score (nSPS) is 14.6. The molecule has 198 valence electrons. The number of hydrogen-bond donors (Lipinski definition) is 3. The monoisotopic (exact) mass is 508 g/mol. The van der Waals surface area contributed by atoms with Gasteiger partial charge in [-0.1, -0.05) is 12.1 Å². The Morgan fingerprint density at radius 1 is 0.972 bits per heavy atom. The van der Waals surface area contributed by atoms with Crippen molar-refractivity contribution in [3.05, 3.63) is 35.6 Å². The van der Waals surface area contributed by atoms with E-state index in [9.17, 15) is 28.4 Å². The van der Waals surface area contributed by atoms with Crippen LogP contribution in [0.15, 0.2) is 24.3 Å². The number of carboxylic acid groups (broad SMARTS) is 1. The first-order valence-corrected chi connectivity index (χ1v) is 11.6. The van der Waals surface area contributed by atoms with Crippen LogP contribution < -0.4 is 10.6 Å². The molecule has 12 heteroatoms. The standard InChI is InChI=1S/C24H33FN4O7/c1-24(2,3)36-23(35)29-12-10-28(11-13-29)21(32)9-8-19(30)26-15-20(31)27-18(14-22(33)34)16-4-6-17(25)7-5-16/h4-7,18H,8-15H2,1-3H3,(H,26,30)(H,27,31)(H,33,34). The van der Waals surface area contributed by atoms with E-state index in [4.69, 9.17) is 9.84 Å². The van der Waals surface area contributed by atoms with Crippen LogP contribution in [0.3, 0.4) is 0 Å². The Labute approximate surface area is 208 Å². The van der Waals surface area contributed by atoms with Crippen LogP contribution in [-0.2, 0) is 23.9 Å². The first kappa shape index (κ1) is 28.5. The molecule has 0 spiro atoms. The van der Waals surface area contributed by atoms with Crippen molar-refractivity contribution in [1.82, 2.24) is 20.4 Å². The third kappa shape index (κ3) is 9.88. The number of rotatable bonds is 9. The van der Waals surface area contributed by atoms with Crippen LogP contribution >= 0.6 is 0 Å². The van der Waals surface area contributed by atoms with Gasteiger partial charge in [-0.25, -0.2) is 9.18 Å². The maximum absolute atomic E-state index is 13.1. The number of hydrogen-bond acceptors (Lipinski definition) is 6. The van der Waals surface area contributed by atoms with Gasteiger partial charge in [-0.15, -0.1) is 0 Å². The summed E-state index contributed by atoms with van der Waals surface area (Å²) in [6, 6.07) is 4.18. The van der Waals surface area contributed by atoms with E-state index in [1.54, 1.807) is 25.7 Å².